The number of hydrogen-bond donors (Lipinski definition) is 3. The Kier molecular flexibility index (Phi) is 4.82. The van der Waals surface area contributed by atoms with Gasteiger partial charge in [-0.2, -0.15) is 0 Å². The Labute approximate surface area is 128 Å². The van der Waals surface area contributed by atoms with Crippen LogP contribution in [0.1, 0.15) is 24.2 Å². The summed E-state index contributed by atoms with van der Waals surface area (Å²) in [6.07, 6.45) is 1.57. The maximum atomic E-state index is 12.6. The van der Waals surface area contributed by atoms with Crippen molar-refractivity contribution in [1.82, 2.24) is 9.88 Å². The van der Waals surface area contributed by atoms with Crippen LogP contribution in [0.25, 0.3) is 10.9 Å². The molecule has 0 atom stereocenters. The second-order valence-electron chi connectivity index (χ2n) is 5.64. The molecule has 22 heavy (non-hydrogen) atoms. The van der Waals surface area contributed by atoms with Gasteiger partial charge in [-0.05, 0) is 18.1 Å². The van der Waals surface area contributed by atoms with Gasteiger partial charge in [0.2, 0.25) is 5.43 Å². The van der Waals surface area contributed by atoms with E-state index in [0.29, 0.717) is 23.5 Å². The summed E-state index contributed by atoms with van der Waals surface area (Å²) < 4.78 is 1.88. The number of amides is 1. The van der Waals surface area contributed by atoms with Crippen LogP contribution in [0.15, 0.2) is 29.2 Å². The van der Waals surface area contributed by atoms with Gasteiger partial charge in [-0.1, -0.05) is 19.9 Å². The normalized spacial score (nSPS) is 11.1. The molecule has 1 heterocycles. The topological polar surface area (TPSA) is 97.4 Å². The summed E-state index contributed by atoms with van der Waals surface area (Å²) in [5, 5.41) is 11.7. The first-order valence-corrected chi connectivity index (χ1v) is 7.26. The van der Waals surface area contributed by atoms with E-state index < -0.39 is 5.91 Å². The van der Waals surface area contributed by atoms with E-state index in [0.717, 1.165) is 5.52 Å². The molecule has 0 fully saturated rings. The first-order valence-electron chi connectivity index (χ1n) is 7.26. The monoisotopic (exact) mass is 303 g/mol. The predicted molar refractivity (Wildman–Crippen MR) is 86.9 cm³/mol. The van der Waals surface area contributed by atoms with Crippen LogP contribution in [-0.4, -0.2) is 28.7 Å². The molecule has 0 spiro atoms. The number of fused-ring (bicyclic) bond motifs is 1. The molecule has 0 saturated carbocycles. The van der Waals surface area contributed by atoms with Crippen LogP contribution >= 0.6 is 0 Å². The quantitative estimate of drug-likeness (QED) is 0.717. The Morgan fingerprint density at radius 3 is 2.77 bits per heavy atom. The van der Waals surface area contributed by atoms with Crippen molar-refractivity contribution < 1.29 is 9.90 Å². The van der Waals surface area contributed by atoms with E-state index in [1.807, 2.05) is 10.6 Å². The Hall–Kier alpha value is -2.34. The largest absolute Gasteiger partial charge is 0.398 e. The average molecular weight is 303 g/mol. The summed E-state index contributed by atoms with van der Waals surface area (Å²) in [5.41, 5.74) is 6.67. The third-order valence-corrected chi connectivity index (χ3v) is 3.34. The molecule has 0 radical (unpaired) electrons. The number of aromatic nitrogens is 1. The number of hydrogen-bond acceptors (Lipinski definition) is 4. The van der Waals surface area contributed by atoms with Gasteiger partial charge in [-0.25, -0.2) is 0 Å². The van der Waals surface area contributed by atoms with Gasteiger partial charge in [0.1, 0.15) is 5.56 Å². The van der Waals surface area contributed by atoms with Crippen LogP contribution in [0.3, 0.4) is 0 Å². The van der Waals surface area contributed by atoms with Crippen LogP contribution in [0.4, 0.5) is 5.69 Å². The summed E-state index contributed by atoms with van der Waals surface area (Å²) in [6, 6.07) is 5.27. The van der Waals surface area contributed by atoms with E-state index in [-0.39, 0.29) is 24.1 Å². The van der Waals surface area contributed by atoms with E-state index in [2.05, 4.69) is 19.2 Å². The number of benzene rings is 1. The van der Waals surface area contributed by atoms with Crippen molar-refractivity contribution in [2.45, 2.75) is 20.4 Å². The number of carbonyl (C=O) groups excluding carboxylic acids is 1. The fraction of sp³-hybridized carbons (Fsp3) is 0.375. The zero-order chi connectivity index (χ0) is 16.3. The Morgan fingerprint density at radius 2 is 2.14 bits per heavy atom. The molecule has 0 bridgehead atoms. The molecular weight excluding hydrogens is 282 g/mol. The molecule has 6 heteroatoms. The lowest BCUT2D eigenvalue weighted by Gasteiger charge is -2.16. The number of aliphatic hydroxyl groups excluding tert-OH is 1. The maximum Gasteiger partial charge on any atom is 0.256 e. The van der Waals surface area contributed by atoms with Crippen molar-refractivity contribution in [1.29, 1.82) is 0 Å². The Morgan fingerprint density at radius 1 is 1.41 bits per heavy atom. The average Bonchev–Trinajstić information content (AvgIpc) is 2.47. The molecule has 6 nitrogen and oxygen atoms in total. The maximum absolute atomic E-state index is 12.6. The van der Waals surface area contributed by atoms with E-state index in [1.54, 1.807) is 18.3 Å². The standard InChI is InChI=1S/C16H21N3O3/c1-10(2)8-19-9-11(16(22)18-6-7-20)15(21)14-12(17)4-3-5-13(14)19/h3-5,9-10,20H,6-8,17H2,1-2H3,(H,18,22). The van der Waals surface area contributed by atoms with Gasteiger partial charge in [-0.3, -0.25) is 9.59 Å². The second-order valence-corrected chi connectivity index (χ2v) is 5.64. The molecule has 118 valence electrons. The van der Waals surface area contributed by atoms with Crippen molar-refractivity contribution in [3.05, 3.63) is 40.2 Å². The summed E-state index contributed by atoms with van der Waals surface area (Å²) in [4.78, 5) is 24.7. The van der Waals surface area contributed by atoms with Gasteiger partial charge < -0.3 is 20.7 Å². The van der Waals surface area contributed by atoms with E-state index in [1.165, 1.54) is 0 Å². The zero-order valence-electron chi connectivity index (χ0n) is 12.8. The lowest BCUT2D eigenvalue weighted by molar-refractivity contribution is 0.0943. The fourth-order valence-electron chi connectivity index (χ4n) is 2.43. The Bertz CT molecular complexity index is 750. The second kappa shape index (κ2) is 6.62. The number of anilines is 1. The molecule has 0 saturated heterocycles. The number of aliphatic hydroxyl groups is 1. The molecule has 0 aliphatic carbocycles. The highest BCUT2D eigenvalue weighted by atomic mass is 16.3. The number of rotatable bonds is 5. The molecule has 1 amide bonds. The highest BCUT2D eigenvalue weighted by Gasteiger charge is 2.17. The summed E-state index contributed by atoms with van der Waals surface area (Å²) in [7, 11) is 0. The van der Waals surface area contributed by atoms with Gasteiger partial charge in [-0.15, -0.1) is 0 Å². The minimum Gasteiger partial charge on any atom is -0.398 e. The molecule has 0 aliphatic heterocycles. The molecule has 0 unspecified atom stereocenters. The molecule has 2 aromatic rings. The SMILES string of the molecule is CC(C)Cn1cc(C(=O)NCCO)c(=O)c2c(N)cccc21. The number of nitrogen functional groups attached to an aromatic ring is 1. The third kappa shape index (κ3) is 3.12. The van der Waals surface area contributed by atoms with Crippen LogP contribution in [0, 0.1) is 5.92 Å². The summed E-state index contributed by atoms with van der Waals surface area (Å²) in [6.45, 7) is 4.70. The summed E-state index contributed by atoms with van der Waals surface area (Å²) >= 11 is 0. The van der Waals surface area contributed by atoms with E-state index in [9.17, 15) is 9.59 Å². The fourth-order valence-corrected chi connectivity index (χ4v) is 2.43. The number of nitrogens with zero attached hydrogens (tertiary/aromatic N) is 1. The first-order chi connectivity index (χ1) is 10.5. The van der Waals surface area contributed by atoms with E-state index in [4.69, 9.17) is 10.8 Å². The van der Waals surface area contributed by atoms with Crippen LogP contribution in [0.5, 0.6) is 0 Å². The summed E-state index contributed by atoms with van der Waals surface area (Å²) in [5.74, 6) is -0.151. The lowest BCUT2D eigenvalue weighted by Crippen LogP contribution is -2.32. The highest BCUT2D eigenvalue weighted by molar-refractivity contribution is 6.00. The van der Waals surface area contributed by atoms with Gasteiger partial charge in [0.05, 0.1) is 17.5 Å². The third-order valence-electron chi connectivity index (χ3n) is 3.34. The van der Waals surface area contributed by atoms with Crippen molar-refractivity contribution in [3.8, 4) is 0 Å². The van der Waals surface area contributed by atoms with Crippen molar-refractivity contribution >= 4 is 22.5 Å². The molecular formula is C16H21N3O3. The highest BCUT2D eigenvalue weighted by Crippen LogP contribution is 2.19. The van der Waals surface area contributed by atoms with Crippen LogP contribution in [0.2, 0.25) is 0 Å². The minimum absolute atomic E-state index is 0.0412. The number of carbonyl (C=O) groups is 1. The number of nitrogens with two attached hydrogens (primary N) is 1. The molecule has 2 rings (SSSR count). The number of pyridine rings is 1. The van der Waals surface area contributed by atoms with Crippen molar-refractivity contribution in [2.24, 2.45) is 5.92 Å². The smallest absolute Gasteiger partial charge is 0.256 e. The first kappa shape index (κ1) is 16.0. The van der Waals surface area contributed by atoms with Gasteiger partial charge in [0, 0.05) is 25.0 Å². The molecule has 4 N–H and O–H groups in total. The molecule has 1 aromatic carbocycles. The van der Waals surface area contributed by atoms with Crippen molar-refractivity contribution in [2.75, 3.05) is 18.9 Å². The number of nitrogens with one attached hydrogen (secondary N) is 1. The van der Waals surface area contributed by atoms with Gasteiger partial charge in [0.15, 0.2) is 0 Å². The van der Waals surface area contributed by atoms with Crippen molar-refractivity contribution in [3.63, 3.8) is 0 Å². The minimum atomic E-state index is -0.498. The zero-order valence-corrected chi connectivity index (χ0v) is 12.8. The van der Waals surface area contributed by atoms with Crippen LogP contribution in [-0.2, 0) is 6.54 Å². The predicted octanol–water partition coefficient (Wildman–Crippen LogP) is 0.962. The lowest BCUT2D eigenvalue weighted by atomic mass is 10.1. The molecule has 0 aliphatic rings. The van der Waals surface area contributed by atoms with E-state index >= 15 is 0 Å². The Balaban J connectivity index is 2.67. The van der Waals surface area contributed by atoms with Gasteiger partial charge >= 0.3 is 0 Å². The van der Waals surface area contributed by atoms with Crippen LogP contribution < -0.4 is 16.5 Å². The van der Waals surface area contributed by atoms with Gasteiger partial charge in [0.25, 0.3) is 5.91 Å². The molecule has 1 aromatic heterocycles.